The maximum absolute atomic E-state index is 13.8. The molecule has 0 amide bonds. The first kappa shape index (κ1) is 28.7. The number of imidazole rings is 1. The maximum atomic E-state index is 13.8. The molecule has 8 nitrogen and oxygen atoms in total. The maximum Gasteiger partial charge on any atom is 0.223 e. The van der Waals surface area contributed by atoms with E-state index in [0.717, 1.165) is 79.7 Å². The van der Waals surface area contributed by atoms with Crippen molar-refractivity contribution in [1.82, 2.24) is 24.4 Å². The number of anilines is 1. The molecule has 1 atom stereocenters. The zero-order chi connectivity index (χ0) is 28.6. The number of halogens is 1. The van der Waals surface area contributed by atoms with Crippen molar-refractivity contribution in [2.24, 2.45) is 0 Å². The molecule has 0 fully saturated rings. The number of benzene rings is 2. The first-order chi connectivity index (χ1) is 20.1. The van der Waals surface area contributed by atoms with Gasteiger partial charge in [0.05, 0.1) is 30.3 Å². The average Bonchev–Trinajstić information content (AvgIpc) is 3.55. The minimum atomic E-state index is -0.268. The first-order valence-corrected chi connectivity index (χ1v) is 14.5. The van der Waals surface area contributed by atoms with E-state index in [1.54, 1.807) is 25.4 Å². The molecule has 3 heterocycles. The summed E-state index contributed by atoms with van der Waals surface area (Å²) >= 11 is 0. The molecule has 4 aromatic rings. The van der Waals surface area contributed by atoms with Crippen LogP contribution in [0.15, 0.2) is 60.8 Å². The molecule has 1 aliphatic heterocycles. The van der Waals surface area contributed by atoms with E-state index in [0.29, 0.717) is 19.2 Å². The summed E-state index contributed by atoms with van der Waals surface area (Å²) in [4.78, 5) is 16.8. The Morgan fingerprint density at radius 1 is 1.10 bits per heavy atom. The van der Waals surface area contributed by atoms with E-state index < -0.39 is 0 Å². The molecule has 0 aliphatic carbocycles. The summed E-state index contributed by atoms with van der Waals surface area (Å²) < 4.78 is 27.4. The predicted octanol–water partition coefficient (Wildman–Crippen LogP) is 6.00. The van der Waals surface area contributed by atoms with E-state index in [9.17, 15) is 4.39 Å². The fourth-order valence-electron chi connectivity index (χ4n) is 5.42. The van der Waals surface area contributed by atoms with Gasteiger partial charge in [0.25, 0.3) is 0 Å². The molecule has 5 rings (SSSR count). The number of nitrogens with one attached hydrogen (secondary N) is 1. The lowest BCUT2D eigenvalue weighted by molar-refractivity contribution is 0.134. The normalized spacial score (nSPS) is 14.4. The second-order valence-corrected chi connectivity index (χ2v) is 10.3. The lowest BCUT2D eigenvalue weighted by Crippen LogP contribution is -2.32. The highest BCUT2D eigenvalue weighted by atomic mass is 19.1. The van der Waals surface area contributed by atoms with Crippen LogP contribution in [0.3, 0.4) is 0 Å². The Kier molecular flexibility index (Phi) is 9.59. The van der Waals surface area contributed by atoms with Crippen molar-refractivity contribution in [1.29, 1.82) is 0 Å². The Labute approximate surface area is 241 Å². The molecule has 2 aromatic carbocycles. The third-order valence-electron chi connectivity index (χ3n) is 7.30. The molecule has 1 aliphatic rings. The van der Waals surface area contributed by atoms with Crippen molar-refractivity contribution < 1.29 is 13.9 Å². The van der Waals surface area contributed by atoms with E-state index in [-0.39, 0.29) is 11.9 Å². The van der Waals surface area contributed by atoms with Crippen molar-refractivity contribution in [3.05, 3.63) is 78.0 Å². The lowest BCUT2D eigenvalue weighted by Gasteiger charge is -2.27. The van der Waals surface area contributed by atoms with Crippen LogP contribution in [-0.4, -0.2) is 64.4 Å². The van der Waals surface area contributed by atoms with Gasteiger partial charge in [0.15, 0.2) is 0 Å². The van der Waals surface area contributed by atoms with Crippen molar-refractivity contribution in [2.45, 2.75) is 45.7 Å². The Bertz CT molecular complexity index is 1420. The van der Waals surface area contributed by atoms with E-state index in [4.69, 9.17) is 19.4 Å². The second kappa shape index (κ2) is 13.7. The third kappa shape index (κ3) is 6.92. The van der Waals surface area contributed by atoms with Gasteiger partial charge in [0.1, 0.15) is 17.4 Å². The minimum absolute atomic E-state index is 0.190. The Balaban J connectivity index is 1.50. The highest BCUT2D eigenvalue weighted by molar-refractivity contribution is 5.78. The summed E-state index contributed by atoms with van der Waals surface area (Å²) in [5.74, 6) is 2.23. The number of fused-ring (bicyclic) bond motifs is 1. The Morgan fingerprint density at radius 2 is 1.95 bits per heavy atom. The van der Waals surface area contributed by atoms with Crippen LogP contribution in [0.25, 0.3) is 22.6 Å². The molecule has 216 valence electrons. The van der Waals surface area contributed by atoms with Crippen molar-refractivity contribution in [3.63, 3.8) is 0 Å². The molecule has 0 radical (unpaired) electrons. The third-order valence-corrected chi connectivity index (χ3v) is 7.30. The zero-order valence-electron chi connectivity index (χ0n) is 24.1. The largest absolute Gasteiger partial charge is 0.494 e. The van der Waals surface area contributed by atoms with Crippen molar-refractivity contribution in [2.75, 3.05) is 45.3 Å². The molecular weight excluding hydrogens is 519 g/mol. The molecule has 1 unspecified atom stereocenters. The molecule has 0 saturated heterocycles. The molecule has 0 saturated carbocycles. The molecule has 2 aromatic heterocycles. The van der Waals surface area contributed by atoms with E-state index in [1.807, 2.05) is 25.1 Å². The highest BCUT2D eigenvalue weighted by Crippen LogP contribution is 2.39. The fourth-order valence-corrected chi connectivity index (χ4v) is 5.42. The Morgan fingerprint density at radius 3 is 2.73 bits per heavy atom. The summed E-state index contributed by atoms with van der Waals surface area (Å²) in [5, 5.41) is 3.30. The number of hydrogen-bond donors (Lipinski definition) is 1. The summed E-state index contributed by atoms with van der Waals surface area (Å²) in [5.41, 5.74) is 4.63. The smallest absolute Gasteiger partial charge is 0.223 e. The monoisotopic (exact) mass is 558 g/mol. The highest BCUT2D eigenvalue weighted by Gasteiger charge is 2.32. The van der Waals surface area contributed by atoms with Crippen LogP contribution < -0.4 is 10.1 Å². The van der Waals surface area contributed by atoms with E-state index in [1.165, 1.54) is 17.7 Å². The number of hydrogen-bond acceptors (Lipinski definition) is 7. The molecule has 41 heavy (non-hydrogen) atoms. The Hall–Kier alpha value is -3.82. The van der Waals surface area contributed by atoms with Gasteiger partial charge in [0.2, 0.25) is 5.95 Å². The molecule has 0 bridgehead atoms. The number of methoxy groups -OCH3 is 1. The van der Waals surface area contributed by atoms with Gasteiger partial charge in [-0.1, -0.05) is 19.1 Å². The summed E-state index contributed by atoms with van der Waals surface area (Å²) in [7, 11) is 1.74. The number of ether oxygens (including phenoxy) is 2. The quantitative estimate of drug-likeness (QED) is 0.203. The van der Waals surface area contributed by atoms with Gasteiger partial charge in [-0.3, -0.25) is 4.90 Å². The average molecular weight is 559 g/mol. The predicted molar refractivity (Wildman–Crippen MR) is 160 cm³/mol. The minimum Gasteiger partial charge on any atom is -0.494 e. The lowest BCUT2D eigenvalue weighted by atomic mass is 10.1. The summed E-state index contributed by atoms with van der Waals surface area (Å²) in [6.45, 7) is 8.59. The molecule has 0 spiro atoms. The van der Waals surface area contributed by atoms with Crippen LogP contribution in [0.2, 0.25) is 0 Å². The SMILES string of the molecule is CCCNc1nccc(-c2c(-c3ccc(F)cc3)nc3n2C(CN(CCOC)Cc2cccc(OCC)c2)CC3)n1. The van der Waals surface area contributed by atoms with Crippen molar-refractivity contribution >= 4 is 5.95 Å². The van der Waals surface area contributed by atoms with Gasteiger partial charge in [-0.25, -0.2) is 19.3 Å². The van der Waals surface area contributed by atoms with Crippen LogP contribution in [0.4, 0.5) is 10.3 Å². The first-order valence-electron chi connectivity index (χ1n) is 14.5. The van der Waals surface area contributed by atoms with Gasteiger partial charge in [-0.2, -0.15) is 0 Å². The topological polar surface area (TPSA) is 77.3 Å². The number of aromatic nitrogens is 4. The summed E-state index contributed by atoms with van der Waals surface area (Å²) in [6.07, 6.45) is 4.61. The van der Waals surface area contributed by atoms with E-state index >= 15 is 0 Å². The second-order valence-electron chi connectivity index (χ2n) is 10.3. The van der Waals surface area contributed by atoms with Gasteiger partial charge >= 0.3 is 0 Å². The number of nitrogens with zero attached hydrogens (tertiary/aromatic N) is 5. The summed E-state index contributed by atoms with van der Waals surface area (Å²) in [6, 6.07) is 17.0. The standard InChI is InChI=1S/C32H39FN6O2/c1-4-16-34-32-35-17-15-28(36-32)31-30(24-9-11-25(33)12-10-24)37-29-14-13-26(39(29)31)22-38(18-19-40-3)21-23-7-6-8-27(20-23)41-5-2/h6-12,15,17,20,26H,4-5,13-14,16,18-19,21-22H2,1-3H3,(H,34,35,36). The fraction of sp³-hybridized carbons (Fsp3) is 0.406. The van der Waals surface area contributed by atoms with Crippen molar-refractivity contribution in [3.8, 4) is 28.4 Å². The van der Waals surface area contributed by atoms with Gasteiger partial charge in [-0.15, -0.1) is 0 Å². The van der Waals surface area contributed by atoms with Gasteiger partial charge in [0, 0.05) is 57.5 Å². The van der Waals surface area contributed by atoms with Crippen LogP contribution in [0.5, 0.6) is 5.75 Å². The molecule has 9 heteroatoms. The van der Waals surface area contributed by atoms with Crippen LogP contribution in [0, 0.1) is 5.82 Å². The van der Waals surface area contributed by atoms with Crippen LogP contribution in [0.1, 0.15) is 44.1 Å². The van der Waals surface area contributed by atoms with Crippen LogP contribution >= 0.6 is 0 Å². The zero-order valence-corrected chi connectivity index (χ0v) is 24.1. The molecule has 1 N–H and O–H groups in total. The number of aryl methyl sites for hydroxylation is 1. The van der Waals surface area contributed by atoms with Crippen LogP contribution in [-0.2, 0) is 17.7 Å². The van der Waals surface area contributed by atoms with Gasteiger partial charge < -0.3 is 19.4 Å². The van der Waals surface area contributed by atoms with E-state index in [2.05, 4.69) is 38.8 Å². The van der Waals surface area contributed by atoms with Gasteiger partial charge in [-0.05, 0) is 67.8 Å². The number of rotatable bonds is 14. The molecular formula is C32H39FN6O2.